The van der Waals surface area contributed by atoms with E-state index in [1.54, 1.807) is 31.4 Å². The van der Waals surface area contributed by atoms with Gasteiger partial charge in [0.2, 0.25) is 21.7 Å². The highest BCUT2D eigenvalue weighted by molar-refractivity contribution is 7.89. The molecular formula is C19H19N3O4S. The zero-order valence-corrected chi connectivity index (χ0v) is 15.8. The molecule has 2 aromatic carbocycles. The molecule has 2 heterocycles. The van der Waals surface area contributed by atoms with E-state index in [2.05, 4.69) is 10.1 Å². The lowest BCUT2D eigenvalue weighted by Gasteiger charge is -2.35. The van der Waals surface area contributed by atoms with E-state index in [1.165, 1.54) is 4.31 Å². The summed E-state index contributed by atoms with van der Waals surface area (Å²) in [7, 11) is -1.91. The van der Waals surface area contributed by atoms with Crippen molar-refractivity contribution < 1.29 is 17.7 Å². The number of para-hydroxylation sites is 1. The van der Waals surface area contributed by atoms with Crippen LogP contribution in [0.15, 0.2) is 57.9 Å². The lowest BCUT2D eigenvalue weighted by Crippen LogP contribution is -2.48. The van der Waals surface area contributed by atoms with Crippen LogP contribution in [0.4, 0.5) is 0 Å². The smallest absolute Gasteiger partial charge is 0.243 e. The number of rotatable bonds is 5. The molecule has 140 valence electrons. The summed E-state index contributed by atoms with van der Waals surface area (Å²) in [6.07, 6.45) is 0. The SMILES string of the molecule is COc1ccccc1-c1noc(C2CN(S(=O)(=O)c3ccc(C)cc3)C2)n1. The summed E-state index contributed by atoms with van der Waals surface area (Å²) >= 11 is 0. The van der Waals surface area contributed by atoms with Gasteiger partial charge in [0.05, 0.1) is 23.5 Å². The van der Waals surface area contributed by atoms with Crippen LogP contribution in [0.2, 0.25) is 0 Å². The number of hydrogen-bond acceptors (Lipinski definition) is 6. The Balaban J connectivity index is 1.49. The van der Waals surface area contributed by atoms with Crippen LogP contribution in [0.3, 0.4) is 0 Å². The summed E-state index contributed by atoms with van der Waals surface area (Å²) in [6, 6.07) is 14.3. The van der Waals surface area contributed by atoms with Crippen LogP contribution in [0.25, 0.3) is 11.4 Å². The van der Waals surface area contributed by atoms with E-state index >= 15 is 0 Å². The number of aryl methyl sites for hydroxylation is 1. The number of methoxy groups -OCH3 is 1. The third-order valence-corrected chi connectivity index (χ3v) is 6.49. The summed E-state index contributed by atoms with van der Waals surface area (Å²) in [6.45, 7) is 2.57. The van der Waals surface area contributed by atoms with Crippen LogP contribution >= 0.6 is 0 Å². The highest BCUT2D eigenvalue weighted by atomic mass is 32.2. The Morgan fingerprint density at radius 3 is 2.52 bits per heavy atom. The molecule has 1 aliphatic heterocycles. The predicted octanol–water partition coefficient (Wildman–Crippen LogP) is 2.84. The Hall–Kier alpha value is -2.71. The van der Waals surface area contributed by atoms with Gasteiger partial charge < -0.3 is 9.26 Å². The Kier molecular flexibility index (Phi) is 4.45. The average molecular weight is 385 g/mol. The van der Waals surface area contributed by atoms with E-state index in [9.17, 15) is 8.42 Å². The second-order valence-corrected chi connectivity index (χ2v) is 8.43. The van der Waals surface area contributed by atoms with Crippen molar-refractivity contribution in [1.29, 1.82) is 0 Å². The largest absolute Gasteiger partial charge is 0.496 e. The van der Waals surface area contributed by atoms with Gasteiger partial charge in [-0.1, -0.05) is 35.0 Å². The standard InChI is InChI=1S/C19H19N3O4S/c1-13-7-9-15(10-8-13)27(23,24)22-11-14(12-22)19-20-18(21-26-19)16-5-3-4-6-17(16)25-2/h3-10,14H,11-12H2,1-2H3. The van der Waals surface area contributed by atoms with Crippen molar-refractivity contribution in [1.82, 2.24) is 14.4 Å². The molecule has 0 bridgehead atoms. The molecule has 0 radical (unpaired) electrons. The molecule has 1 aliphatic rings. The molecule has 0 atom stereocenters. The number of hydrogen-bond donors (Lipinski definition) is 0. The van der Waals surface area contributed by atoms with E-state index in [4.69, 9.17) is 9.26 Å². The molecule has 8 heteroatoms. The Bertz CT molecular complexity index is 1050. The van der Waals surface area contributed by atoms with Crippen LogP contribution in [-0.2, 0) is 10.0 Å². The van der Waals surface area contributed by atoms with Crippen molar-refractivity contribution in [3.05, 3.63) is 60.0 Å². The van der Waals surface area contributed by atoms with E-state index in [1.807, 2.05) is 31.2 Å². The summed E-state index contributed by atoms with van der Waals surface area (Å²) in [5, 5.41) is 4.02. The summed E-state index contributed by atoms with van der Waals surface area (Å²) in [5.74, 6) is 1.41. The first-order valence-electron chi connectivity index (χ1n) is 8.53. The molecule has 3 aromatic rings. The van der Waals surface area contributed by atoms with Gasteiger partial charge >= 0.3 is 0 Å². The van der Waals surface area contributed by atoms with Crippen molar-refractivity contribution in [2.24, 2.45) is 0 Å². The highest BCUT2D eigenvalue weighted by Crippen LogP contribution is 2.33. The molecule has 4 rings (SSSR count). The minimum absolute atomic E-state index is 0.110. The number of benzene rings is 2. The number of ether oxygens (including phenoxy) is 1. The fourth-order valence-electron chi connectivity index (χ4n) is 2.99. The molecule has 0 aliphatic carbocycles. The second kappa shape index (κ2) is 6.79. The van der Waals surface area contributed by atoms with E-state index < -0.39 is 10.0 Å². The normalized spacial score (nSPS) is 15.5. The lowest BCUT2D eigenvalue weighted by molar-refractivity contribution is 0.217. The van der Waals surface area contributed by atoms with Crippen LogP contribution in [0.1, 0.15) is 17.4 Å². The maximum absolute atomic E-state index is 12.7. The summed E-state index contributed by atoms with van der Waals surface area (Å²) in [5.41, 5.74) is 1.75. The predicted molar refractivity (Wildman–Crippen MR) is 99.0 cm³/mol. The molecular weight excluding hydrogens is 366 g/mol. The average Bonchev–Trinajstić information content (AvgIpc) is 3.10. The minimum Gasteiger partial charge on any atom is -0.496 e. The molecule has 0 amide bonds. The maximum Gasteiger partial charge on any atom is 0.243 e. The number of aromatic nitrogens is 2. The van der Waals surface area contributed by atoms with Crippen molar-refractivity contribution in [2.45, 2.75) is 17.7 Å². The van der Waals surface area contributed by atoms with E-state index in [0.717, 1.165) is 11.1 Å². The fourth-order valence-corrected chi connectivity index (χ4v) is 4.52. The third kappa shape index (κ3) is 3.22. The van der Waals surface area contributed by atoms with Crippen LogP contribution in [0, 0.1) is 6.92 Å². The van der Waals surface area contributed by atoms with Crippen LogP contribution < -0.4 is 4.74 Å². The zero-order valence-electron chi connectivity index (χ0n) is 15.0. The van der Waals surface area contributed by atoms with Crippen LogP contribution in [-0.4, -0.2) is 43.1 Å². The number of nitrogens with zero attached hydrogens (tertiary/aromatic N) is 3. The molecule has 1 fully saturated rings. The summed E-state index contributed by atoms with van der Waals surface area (Å²) < 4.78 is 37.4. The van der Waals surface area contributed by atoms with Crippen molar-refractivity contribution >= 4 is 10.0 Å². The number of sulfonamides is 1. The van der Waals surface area contributed by atoms with Crippen LogP contribution in [0.5, 0.6) is 5.75 Å². The summed E-state index contributed by atoms with van der Waals surface area (Å²) in [4.78, 5) is 4.73. The molecule has 0 N–H and O–H groups in total. The Morgan fingerprint density at radius 1 is 1.11 bits per heavy atom. The molecule has 1 aromatic heterocycles. The van der Waals surface area contributed by atoms with Gasteiger partial charge in [0, 0.05) is 13.1 Å². The highest BCUT2D eigenvalue weighted by Gasteiger charge is 2.40. The van der Waals surface area contributed by atoms with E-state index in [-0.39, 0.29) is 5.92 Å². The first-order chi connectivity index (χ1) is 13.0. The quantitative estimate of drug-likeness (QED) is 0.671. The zero-order chi connectivity index (χ0) is 19.0. The molecule has 27 heavy (non-hydrogen) atoms. The van der Waals surface area contributed by atoms with Gasteiger partial charge in [-0.25, -0.2) is 8.42 Å². The van der Waals surface area contributed by atoms with Gasteiger partial charge in [0.1, 0.15) is 5.75 Å². The van der Waals surface area contributed by atoms with Gasteiger partial charge in [0.25, 0.3) is 0 Å². The van der Waals surface area contributed by atoms with Crippen molar-refractivity contribution in [3.63, 3.8) is 0 Å². The monoisotopic (exact) mass is 385 g/mol. The lowest BCUT2D eigenvalue weighted by atomic mass is 10.0. The molecule has 0 spiro atoms. The van der Waals surface area contributed by atoms with Gasteiger partial charge in [-0.2, -0.15) is 9.29 Å². The molecule has 0 unspecified atom stereocenters. The molecule has 0 saturated carbocycles. The molecule has 7 nitrogen and oxygen atoms in total. The van der Waals surface area contributed by atoms with Gasteiger partial charge in [0.15, 0.2) is 0 Å². The van der Waals surface area contributed by atoms with Gasteiger partial charge in [-0.3, -0.25) is 0 Å². The van der Waals surface area contributed by atoms with Gasteiger partial charge in [-0.05, 0) is 31.2 Å². The fraction of sp³-hybridized carbons (Fsp3) is 0.263. The third-order valence-electron chi connectivity index (χ3n) is 4.65. The van der Waals surface area contributed by atoms with Crippen molar-refractivity contribution in [3.8, 4) is 17.1 Å². The first kappa shape index (κ1) is 17.7. The first-order valence-corrected chi connectivity index (χ1v) is 9.97. The second-order valence-electron chi connectivity index (χ2n) is 6.49. The van der Waals surface area contributed by atoms with Gasteiger partial charge in [-0.15, -0.1) is 0 Å². The topological polar surface area (TPSA) is 85.5 Å². The van der Waals surface area contributed by atoms with Crippen molar-refractivity contribution in [2.75, 3.05) is 20.2 Å². The Labute approximate surface area is 157 Å². The van der Waals surface area contributed by atoms with E-state index in [0.29, 0.717) is 35.4 Å². The molecule has 1 saturated heterocycles. The minimum atomic E-state index is -3.49. The Morgan fingerprint density at radius 2 is 1.81 bits per heavy atom. The maximum atomic E-state index is 12.7.